The fourth-order valence-electron chi connectivity index (χ4n) is 2.35. The van der Waals surface area contributed by atoms with Crippen molar-refractivity contribution in [3.05, 3.63) is 39.9 Å². The van der Waals surface area contributed by atoms with E-state index in [1.807, 2.05) is 0 Å². The molecule has 5 nitrogen and oxygen atoms in total. The third-order valence-electron chi connectivity index (χ3n) is 3.33. The topological polar surface area (TPSA) is 87.2 Å². The highest BCUT2D eigenvalue weighted by Gasteiger charge is 2.40. The van der Waals surface area contributed by atoms with Gasteiger partial charge in [-0.2, -0.15) is 5.26 Å². The van der Waals surface area contributed by atoms with Gasteiger partial charge in [0.05, 0.1) is 22.5 Å². The second-order valence-corrected chi connectivity index (χ2v) is 4.39. The van der Waals surface area contributed by atoms with Gasteiger partial charge in [0.15, 0.2) is 0 Å². The van der Waals surface area contributed by atoms with Crippen molar-refractivity contribution in [3.63, 3.8) is 0 Å². The maximum Gasteiger partial charge on any atom is 0.269 e. The number of aliphatic hydroxyl groups excluding tert-OH is 1. The zero-order chi connectivity index (χ0) is 12.5. The second kappa shape index (κ2) is 4.15. The Hall–Kier alpha value is -1.93. The first kappa shape index (κ1) is 11.6. The molecule has 0 radical (unpaired) electrons. The number of non-ortho nitro benzene ring substituents is 1. The van der Waals surface area contributed by atoms with Crippen LogP contribution in [0.25, 0.3) is 0 Å². The van der Waals surface area contributed by atoms with Crippen molar-refractivity contribution in [1.82, 2.24) is 0 Å². The minimum absolute atomic E-state index is 0.0142. The van der Waals surface area contributed by atoms with E-state index in [2.05, 4.69) is 6.07 Å². The molecule has 1 aliphatic rings. The summed E-state index contributed by atoms with van der Waals surface area (Å²) in [5.74, 6) is 0. The van der Waals surface area contributed by atoms with Crippen LogP contribution in [0.3, 0.4) is 0 Å². The van der Waals surface area contributed by atoms with E-state index < -0.39 is 16.4 Å². The highest BCUT2D eigenvalue weighted by atomic mass is 16.6. The number of aliphatic hydroxyl groups is 1. The van der Waals surface area contributed by atoms with E-state index in [1.165, 1.54) is 12.1 Å². The van der Waals surface area contributed by atoms with Gasteiger partial charge in [-0.05, 0) is 24.8 Å². The first-order valence-electron chi connectivity index (χ1n) is 5.42. The summed E-state index contributed by atoms with van der Waals surface area (Å²) in [6, 6.07) is 8.27. The van der Waals surface area contributed by atoms with Crippen LogP contribution in [-0.2, 0) is 5.41 Å². The van der Waals surface area contributed by atoms with Crippen LogP contribution in [-0.4, -0.2) is 16.1 Å². The summed E-state index contributed by atoms with van der Waals surface area (Å²) in [5.41, 5.74) is 0.0803. The molecule has 0 heterocycles. The molecule has 1 N–H and O–H groups in total. The Morgan fingerprint density at radius 1 is 1.47 bits per heavy atom. The molecule has 0 amide bonds. The van der Waals surface area contributed by atoms with Crippen molar-refractivity contribution in [1.29, 1.82) is 5.26 Å². The Kier molecular flexibility index (Phi) is 2.82. The molecular weight excluding hydrogens is 220 g/mol. The minimum atomic E-state index is -0.686. The van der Waals surface area contributed by atoms with E-state index in [9.17, 15) is 20.5 Å². The molecule has 1 aromatic rings. The lowest BCUT2D eigenvalue weighted by atomic mass is 9.80. The molecule has 0 aromatic heterocycles. The van der Waals surface area contributed by atoms with Crippen LogP contribution in [0.2, 0.25) is 0 Å². The van der Waals surface area contributed by atoms with Crippen molar-refractivity contribution in [2.45, 2.75) is 30.8 Å². The zero-order valence-corrected chi connectivity index (χ0v) is 9.17. The van der Waals surface area contributed by atoms with Gasteiger partial charge in [0.25, 0.3) is 5.69 Å². The second-order valence-electron chi connectivity index (χ2n) is 4.39. The van der Waals surface area contributed by atoms with E-state index in [0.717, 1.165) is 5.56 Å². The highest BCUT2D eigenvalue weighted by molar-refractivity contribution is 5.40. The monoisotopic (exact) mass is 232 g/mol. The number of hydrogen-bond donors (Lipinski definition) is 1. The Bertz CT molecular complexity index is 478. The SMILES string of the molecule is N#C[C@]1(c2ccc([N+](=O)[O-])cc2)CCC(O)C1. The first-order valence-corrected chi connectivity index (χ1v) is 5.42. The third kappa shape index (κ3) is 1.99. The summed E-state index contributed by atoms with van der Waals surface area (Å²) in [5, 5.41) is 29.3. The van der Waals surface area contributed by atoms with Gasteiger partial charge in [0, 0.05) is 12.1 Å². The molecule has 1 saturated carbocycles. The normalized spacial score (nSPS) is 27.6. The van der Waals surface area contributed by atoms with Gasteiger partial charge in [0.1, 0.15) is 0 Å². The molecule has 1 unspecified atom stereocenters. The van der Waals surface area contributed by atoms with E-state index in [4.69, 9.17) is 0 Å². The van der Waals surface area contributed by atoms with E-state index in [1.54, 1.807) is 12.1 Å². The van der Waals surface area contributed by atoms with Gasteiger partial charge in [0.2, 0.25) is 0 Å². The molecule has 0 aliphatic heterocycles. The van der Waals surface area contributed by atoms with Gasteiger partial charge in [-0.3, -0.25) is 10.1 Å². The van der Waals surface area contributed by atoms with Crippen LogP contribution in [0.5, 0.6) is 0 Å². The Labute approximate surface area is 98.5 Å². The minimum Gasteiger partial charge on any atom is -0.393 e. The predicted molar refractivity (Wildman–Crippen MR) is 60.2 cm³/mol. The molecule has 1 aromatic carbocycles. The van der Waals surface area contributed by atoms with Gasteiger partial charge < -0.3 is 5.11 Å². The number of rotatable bonds is 2. The van der Waals surface area contributed by atoms with Crippen LogP contribution in [0.4, 0.5) is 5.69 Å². The fraction of sp³-hybridized carbons (Fsp3) is 0.417. The molecule has 0 spiro atoms. The number of hydrogen-bond acceptors (Lipinski definition) is 4. The van der Waals surface area contributed by atoms with Crippen LogP contribution < -0.4 is 0 Å². The van der Waals surface area contributed by atoms with Crippen molar-refractivity contribution < 1.29 is 10.0 Å². The molecule has 5 heteroatoms. The van der Waals surface area contributed by atoms with Crippen LogP contribution in [0, 0.1) is 21.4 Å². The smallest absolute Gasteiger partial charge is 0.269 e. The number of nitro benzene ring substituents is 1. The van der Waals surface area contributed by atoms with E-state index in [-0.39, 0.29) is 5.69 Å². The van der Waals surface area contributed by atoms with Crippen molar-refractivity contribution in [2.75, 3.05) is 0 Å². The predicted octanol–water partition coefficient (Wildman–Crippen LogP) is 1.90. The molecule has 2 rings (SSSR count). The average molecular weight is 232 g/mol. The van der Waals surface area contributed by atoms with E-state index >= 15 is 0 Å². The average Bonchev–Trinajstić information content (AvgIpc) is 2.72. The lowest BCUT2D eigenvalue weighted by molar-refractivity contribution is -0.384. The molecule has 17 heavy (non-hydrogen) atoms. The largest absolute Gasteiger partial charge is 0.393 e. The number of nitro groups is 1. The first-order chi connectivity index (χ1) is 8.07. The van der Waals surface area contributed by atoms with Gasteiger partial charge in [-0.15, -0.1) is 0 Å². The zero-order valence-electron chi connectivity index (χ0n) is 9.17. The van der Waals surface area contributed by atoms with Crippen molar-refractivity contribution in [3.8, 4) is 6.07 Å². The molecule has 88 valence electrons. The van der Waals surface area contributed by atoms with Crippen molar-refractivity contribution >= 4 is 5.69 Å². The Morgan fingerprint density at radius 3 is 2.53 bits per heavy atom. The maximum absolute atomic E-state index is 10.5. The quantitative estimate of drug-likeness (QED) is 0.623. The number of benzene rings is 1. The van der Waals surface area contributed by atoms with Gasteiger partial charge in [-0.25, -0.2) is 0 Å². The summed E-state index contributed by atoms with van der Waals surface area (Å²) in [7, 11) is 0. The van der Waals surface area contributed by atoms with Crippen LogP contribution in [0.15, 0.2) is 24.3 Å². The molecule has 2 atom stereocenters. The lowest BCUT2D eigenvalue weighted by Gasteiger charge is -2.20. The number of nitrogens with zero attached hydrogens (tertiary/aromatic N) is 2. The van der Waals surface area contributed by atoms with Crippen molar-refractivity contribution in [2.24, 2.45) is 0 Å². The number of nitriles is 1. The summed E-state index contributed by atoms with van der Waals surface area (Å²) >= 11 is 0. The Morgan fingerprint density at radius 2 is 2.12 bits per heavy atom. The molecule has 0 bridgehead atoms. The third-order valence-corrected chi connectivity index (χ3v) is 3.33. The summed E-state index contributed by atoms with van der Waals surface area (Å²) < 4.78 is 0. The Balaban J connectivity index is 2.33. The lowest BCUT2D eigenvalue weighted by Crippen LogP contribution is -2.21. The molecular formula is C12H12N2O3. The van der Waals surface area contributed by atoms with E-state index in [0.29, 0.717) is 19.3 Å². The summed E-state index contributed by atoms with van der Waals surface area (Å²) in [6.07, 6.45) is 1.15. The van der Waals surface area contributed by atoms with Crippen LogP contribution >= 0.6 is 0 Å². The standard InChI is InChI=1S/C12H12N2O3/c13-8-12(6-5-11(15)7-12)9-1-3-10(4-2-9)14(16)17/h1-4,11,15H,5-7H2/t11?,12-/m0/s1. The summed E-state index contributed by atoms with van der Waals surface area (Å²) in [4.78, 5) is 10.1. The van der Waals surface area contributed by atoms with Crippen LogP contribution in [0.1, 0.15) is 24.8 Å². The molecule has 1 aliphatic carbocycles. The molecule has 0 saturated heterocycles. The van der Waals surface area contributed by atoms with Gasteiger partial charge >= 0.3 is 0 Å². The van der Waals surface area contributed by atoms with Gasteiger partial charge in [-0.1, -0.05) is 12.1 Å². The maximum atomic E-state index is 10.5. The fourth-order valence-corrected chi connectivity index (χ4v) is 2.35. The summed E-state index contributed by atoms with van der Waals surface area (Å²) in [6.45, 7) is 0. The highest BCUT2D eigenvalue weighted by Crippen LogP contribution is 2.41. The molecule has 1 fully saturated rings.